The number of amides is 2. The van der Waals surface area contributed by atoms with Crippen molar-refractivity contribution in [2.75, 3.05) is 17.7 Å². The first kappa shape index (κ1) is 19.7. The number of pyridine rings is 1. The first-order chi connectivity index (χ1) is 13.4. The number of carbonyl (C=O) groups is 2. The van der Waals surface area contributed by atoms with E-state index in [0.29, 0.717) is 21.8 Å². The molecule has 0 aliphatic heterocycles. The zero-order valence-corrected chi connectivity index (χ0v) is 16.3. The third-order valence-corrected chi connectivity index (χ3v) is 4.49. The Kier molecular flexibility index (Phi) is 5.82. The van der Waals surface area contributed by atoms with Gasteiger partial charge in [0.05, 0.1) is 22.0 Å². The standard InChI is InChI=1S/C20H16Cl2N4O2/c1-24-14-5-2-11(3-6-14)20(28)26-18-15(17-7-4-12(21)10-25-17)8-13(22)9-16(18)19(23)27/h2-10,24H,1H3,(H2,23,27)(H,26,28). The molecule has 4 N–H and O–H groups in total. The van der Waals surface area contributed by atoms with Gasteiger partial charge in [-0.15, -0.1) is 0 Å². The molecule has 0 atom stereocenters. The van der Waals surface area contributed by atoms with Crippen molar-refractivity contribution in [1.29, 1.82) is 0 Å². The van der Waals surface area contributed by atoms with Gasteiger partial charge in [0.15, 0.2) is 0 Å². The van der Waals surface area contributed by atoms with Gasteiger partial charge in [0, 0.05) is 35.1 Å². The Morgan fingerprint density at radius 3 is 2.29 bits per heavy atom. The normalized spacial score (nSPS) is 10.4. The van der Waals surface area contributed by atoms with Gasteiger partial charge < -0.3 is 16.4 Å². The van der Waals surface area contributed by atoms with E-state index < -0.39 is 11.8 Å². The van der Waals surface area contributed by atoms with E-state index >= 15 is 0 Å². The zero-order chi connectivity index (χ0) is 20.3. The molecule has 0 bridgehead atoms. The van der Waals surface area contributed by atoms with E-state index in [-0.39, 0.29) is 16.3 Å². The maximum atomic E-state index is 12.8. The number of halogens is 2. The van der Waals surface area contributed by atoms with Gasteiger partial charge >= 0.3 is 0 Å². The molecule has 0 radical (unpaired) electrons. The molecular formula is C20H16Cl2N4O2. The van der Waals surface area contributed by atoms with Crippen LogP contribution in [0.3, 0.4) is 0 Å². The summed E-state index contributed by atoms with van der Waals surface area (Å²) in [5.74, 6) is -1.12. The summed E-state index contributed by atoms with van der Waals surface area (Å²) < 4.78 is 0. The molecule has 6 nitrogen and oxygen atoms in total. The predicted octanol–water partition coefficient (Wildman–Crippen LogP) is 4.45. The van der Waals surface area contributed by atoms with Crippen molar-refractivity contribution in [1.82, 2.24) is 4.98 Å². The smallest absolute Gasteiger partial charge is 0.255 e. The summed E-state index contributed by atoms with van der Waals surface area (Å²) in [6.45, 7) is 0. The molecule has 1 aromatic heterocycles. The average molecular weight is 415 g/mol. The molecule has 0 unspecified atom stereocenters. The Hall–Kier alpha value is -3.09. The Balaban J connectivity index is 2.07. The topological polar surface area (TPSA) is 97.1 Å². The second-order valence-corrected chi connectivity index (χ2v) is 6.76. The fraction of sp³-hybridized carbons (Fsp3) is 0.0500. The highest BCUT2D eigenvalue weighted by Crippen LogP contribution is 2.34. The van der Waals surface area contributed by atoms with Gasteiger partial charge in [-0.2, -0.15) is 0 Å². The quantitative estimate of drug-likeness (QED) is 0.574. The number of anilines is 2. The monoisotopic (exact) mass is 414 g/mol. The lowest BCUT2D eigenvalue weighted by Crippen LogP contribution is -2.19. The van der Waals surface area contributed by atoms with Crippen LogP contribution in [0.5, 0.6) is 0 Å². The third kappa shape index (κ3) is 4.24. The lowest BCUT2D eigenvalue weighted by Gasteiger charge is -2.15. The second-order valence-electron chi connectivity index (χ2n) is 5.88. The van der Waals surface area contributed by atoms with Crippen molar-refractivity contribution < 1.29 is 9.59 Å². The highest BCUT2D eigenvalue weighted by Gasteiger charge is 2.19. The zero-order valence-electron chi connectivity index (χ0n) is 14.8. The van der Waals surface area contributed by atoms with Crippen LogP contribution in [0, 0.1) is 0 Å². The van der Waals surface area contributed by atoms with E-state index in [1.165, 1.54) is 12.3 Å². The summed E-state index contributed by atoms with van der Waals surface area (Å²) in [7, 11) is 1.79. The van der Waals surface area contributed by atoms with E-state index in [2.05, 4.69) is 15.6 Å². The number of carbonyl (C=O) groups excluding carboxylic acids is 2. The Labute approximate surface area is 171 Å². The SMILES string of the molecule is CNc1ccc(C(=O)Nc2c(C(N)=O)cc(Cl)cc2-c2ccc(Cl)cn2)cc1. The molecule has 0 spiro atoms. The van der Waals surface area contributed by atoms with Gasteiger partial charge in [-0.1, -0.05) is 23.2 Å². The minimum atomic E-state index is -0.724. The maximum absolute atomic E-state index is 12.8. The largest absolute Gasteiger partial charge is 0.388 e. The Morgan fingerprint density at radius 1 is 1.00 bits per heavy atom. The Bertz CT molecular complexity index is 1040. The lowest BCUT2D eigenvalue weighted by molar-refractivity contribution is 0.100. The van der Waals surface area contributed by atoms with Crippen molar-refractivity contribution in [2.45, 2.75) is 0 Å². The molecule has 1 heterocycles. The van der Waals surface area contributed by atoms with Crippen LogP contribution in [-0.2, 0) is 0 Å². The van der Waals surface area contributed by atoms with Gasteiger partial charge in [0.2, 0.25) is 0 Å². The fourth-order valence-corrected chi connectivity index (χ4v) is 2.98. The molecule has 0 aliphatic rings. The molecule has 2 amide bonds. The van der Waals surface area contributed by atoms with Crippen molar-refractivity contribution in [2.24, 2.45) is 5.73 Å². The van der Waals surface area contributed by atoms with Crippen LogP contribution >= 0.6 is 23.2 Å². The van der Waals surface area contributed by atoms with E-state index in [1.54, 1.807) is 49.5 Å². The van der Waals surface area contributed by atoms with Gasteiger partial charge in [-0.25, -0.2) is 0 Å². The molecule has 0 saturated carbocycles. The summed E-state index contributed by atoms with van der Waals surface area (Å²) in [5, 5.41) is 6.49. The second kappa shape index (κ2) is 8.29. The molecule has 142 valence electrons. The molecular weight excluding hydrogens is 399 g/mol. The highest BCUT2D eigenvalue weighted by atomic mass is 35.5. The van der Waals surface area contributed by atoms with Crippen molar-refractivity contribution >= 4 is 46.4 Å². The molecule has 3 aromatic rings. The highest BCUT2D eigenvalue weighted by molar-refractivity contribution is 6.32. The van der Waals surface area contributed by atoms with E-state index in [1.807, 2.05) is 0 Å². The molecule has 28 heavy (non-hydrogen) atoms. The van der Waals surface area contributed by atoms with Crippen LogP contribution in [-0.4, -0.2) is 23.8 Å². The molecule has 8 heteroatoms. The Morgan fingerprint density at radius 2 is 1.71 bits per heavy atom. The first-order valence-electron chi connectivity index (χ1n) is 8.23. The van der Waals surface area contributed by atoms with Crippen molar-refractivity contribution in [3.63, 3.8) is 0 Å². The lowest BCUT2D eigenvalue weighted by atomic mass is 10.0. The van der Waals surface area contributed by atoms with E-state index in [9.17, 15) is 9.59 Å². The van der Waals surface area contributed by atoms with Crippen LogP contribution < -0.4 is 16.4 Å². The minimum absolute atomic E-state index is 0.0828. The summed E-state index contributed by atoms with van der Waals surface area (Å²) in [4.78, 5) is 29.0. The molecule has 3 rings (SSSR count). The molecule has 0 fully saturated rings. The van der Waals surface area contributed by atoms with Gasteiger partial charge in [-0.05, 0) is 48.5 Å². The fourth-order valence-electron chi connectivity index (χ4n) is 2.65. The van der Waals surface area contributed by atoms with E-state index in [4.69, 9.17) is 28.9 Å². The molecule has 2 aromatic carbocycles. The van der Waals surface area contributed by atoms with Gasteiger partial charge in [0.25, 0.3) is 11.8 Å². The number of nitrogens with zero attached hydrogens (tertiary/aromatic N) is 1. The molecule has 0 saturated heterocycles. The van der Waals surface area contributed by atoms with Gasteiger partial charge in [0.1, 0.15) is 0 Å². The van der Waals surface area contributed by atoms with Gasteiger partial charge in [-0.3, -0.25) is 14.6 Å². The van der Waals surface area contributed by atoms with Crippen LogP contribution in [0.15, 0.2) is 54.7 Å². The summed E-state index contributed by atoms with van der Waals surface area (Å²) in [6.07, 6.45) is 1.46. The summed E-state index contributed by atoms with van der Waals surface area (Å²) >= 11 is 12.1. The van der Waals surface area contributed by atoms with Crippen molar-refractivity contribution in [3.05, 3.63) is 75.9 Å². The van der Waals surface area contributed by atoms with Crippen molar-refractivity contribution in [3.8, 4) is 11.3 Å². The summed E-state index contributed by atoms with van der Waals surface area (Å²) in [5.41, 5.74) is 8.04. The van der Waals surface area contributed by atoms with Crippen LogP contribution in [0.2, 0.25) is 10.0 Å². The third-order valence-electron chi connectivity index (χ3n) is 4.05. The van der Waals surface area contributed by atoms with Crippen LogP contribution in [0.1, 0.15) is 20.7 Å². The average Bonchev–Trinajstić information content (AvgIpc) is 2.69. The predicted molar refractivity (Wildman–Crippen MR) is 112 cm³/mol. The summed E-state index contributed by atoms with van der Waals surface area (Å²) in [6, 6.07) is 13.2. The van der Waals surface area contributed by atoms with Crippen LogP contribution in [0.4, 0.5) is 11.4 Å². The number of nitrogens with one attached hydrogen (secondary N) is 2. The maximum Gasteiger partial charge on any atom is 0.255 e. The number of primary amides is 1. The molecule has 0 aliphatic carbocycles. The number of hydrogen-bond donors (Lipinski definition) is 3. The number of rotatable bonds is 5. The first-order valence-corrected chi connectivity index (χ1v) is 8.99. The number of nitrogens with two attached hydrogens (primary N) is 1. The van der Waals surface area contributed by atoms with E-state index in [0.717, 1.165) is 5.69 Å². The number of hydrogen-bond acceptors (Lipinski definition) is 4. The number of benzene rings is 2. The number of aromatic nitrogens is 1. The van der Waals surface area contributed by atoms with Crippen LogP contribution in [0.25, 0.3) is 11.3 Å². The minimum Gasteiger partial charge on any atom is -0.388 e.